The van der Waals surface area contributed by atoms with Crippen molar-refractivity contribution in [3.8, 4) is 17.2 Å². The van der Waals surface area contributed by atoms with Gasteiger partial charge in [-0.15, -0.1) is 0 Å². The molecule has 4 rings (SSSR count). The highest BCUT2D eigenvalue weighted by atomic mass is 35.5. The molecule has 0 aromatic heterocycles. The second-order valence-corrected chi connectivity index (χ2v) is 10.2. The van der Waals surface area contributed by atoms with Crippen LogP contribution in [0.15, 0.2) is 65.6 Å². The van der Waals surface area contributed by atoms with E-state index in [9.17, 15) is 9.59 Å². The Morgan fingerprint density at radius 1 is 1.08 bits per heavy atom. The number of benzene rings is 3. The van der Waals surface area contributed by atoms with Crippen LogP contribution in [0.3, 0.4) is 0 Å². The molecule has 0 aliphatic carbocycles. The summed E-state index contributed by atoms with van der Waals surface area (Å²) in [5.74, 6) is 1.00. The van der Waals surface area contributed by atoms with Crippen LogP contribution in [-0.2, 0) is 9.59 Å². The second-order valence-electron chi connectivity index (χ2n) is 8.16. The summed E-state index contributed by atoms with van der Waals surface area (Å²) in [5, 5.41) is 3.34. The van der Waals surface area contributed by atoms with Gasteiger partial charge < -0.3 is 19.5 Å². The monoisotopic (exact) mass is 568 g/mol. The lowest BCUT2D eigenvalue weighted by Gasteiger charge is -2.15. The van der Waals surface area contributed by atoms with Gasteiger partial charge in [-0.3, -0.25) is 14.5 Å². The van der Waals surface area contributed by atoms with Crippen molar-refractivity contribution in [2.75, 3.05) is 30.5 Å². The highest BCUT2D eigenvalue weighted by molar-refractivity contribution is 8.27. The Bertz CT molecular complexity index is 1410. The lowest BCUT2D eigenvalue weighted by Crippen LogP contribution is -2.27. The average Bonchev–Trinajstić information content (AvgIpc) is 3.18. The van der Waals surface area contributed by atoms with Crippen molar-refractivity contribution in [3.05, 3.63) is 81.7 Å². The number of aryl methyl sites for hydroxylation is 1. The number of hydrogen-bond donors (Lipinski definition) is 1. The molecule has 3 aromatic rings. The fourth-order valence-electron chi connectivity index (χ4n) is 3.60. The summed E-state index contributed by atoms with van der Waals surface area (Å²) in [7, 11) is 1.51. The topological polar surface area (TPSA) is 77.1 Å². The second kappa shape index (κ2) is 12.3. The Morgan fingerprint density at radius 3 is 2.53 bits per heavy atom. The van der Waals surface area contributed by atoms with Crippen LogP contribution >= 0.6 is 35.6 Å². The van der Waals surface area contributed by atoms with Gasteiger partial charge in [-0.2, -0.15) is 0 Å². The molecule has 2 amide bonds. The molecular weight excluding hydrogens is 544 g/mol. The molecule has 0 radical (unpaired) electrons. The molecule has 1 heterocycles. The van der Waals surface area contributed by atoms with Crippen LogP contribution < -0.4 is 24.4 Å². The van der Waals surface area contributed by atoms with Crippen molar-refractivity contribution in [1.82, 2.24) is 0 Å². The van der Waals surface area contributed by atoms with Gasteiger partial charge in [0.2, 0.25) is 0 Å². The fourth-order valence-corrected chi connectivity index (χ4v) is 5.07. The number of rotatable bonds is 9. The number of amides is 2. The number of hydrogen-bond acceptors (Lipinski definition) is 7. The number of thioether (sulfide) groups is 1. The zero-order chi connectivity index (χ0) is 27.2. The number of carbonyl (C=O) groups excluding carboxylic acids is 2. The van der Waals surface area contributed by atoms with Crippen LogP contribution in [0.4, 0.5) is 11.4 Å². The lowest BCUT2D eigenvalue weighted by molar-refractivity contribution is -0.118. The van der Waals surface area contributed by atoms with Crippen molar-refractivity contribution < 1.29 is 23.8 Å². The predicted molar refractivity (Wildman–Crippen MR) is 157 cm³/mol. The first kappa shape index (κ1) is 27.5. The molecule has 1 aliphatic rings. The van der Waals surface area contributed by atoms with E-state index in [2.05, 4.69) is 5.32 Å². The fraction of sp³-hybridized carbons (Fsp3) is 0.179. The predicted octanol–water partition coefficient (Wildman–Crippen LogP) is 6.48. The van der Waals surface area contributed by atoms with Gasteiger partial charge in [-0.05, 0) is 79.6 Å². The molecule has 1 aliphatic heterocycles. The number of ether oxygens (including phenoxy) is 3. The first-order valence-corrected chi connectivity index (χ1v) is 13.3. The van der Waals surface area contributed by atoms with E-state index >= 15 is 0 Å². The Morgan fingerprint density at radius 2 is 1.84 bits per heavy atom. The number of nitrogens with one attached hydrogen (secondary N) is 1. The minimum absolute atomic E-state index is 0.208. The van der Waals surface area contributed by atoms with Crippen molar-refractivity contribution in [1.29, 1.82) is 0 Å². The lowest BCUT2D eigenvalue weighted by atomic mass is 10.1. The Hall–Kier alpha value is -3.53. The third kappa shape index (κ3) is 6.48. The van der Waals surface area contributed by atoms with Gasteiger partial charge in [0, 0.05) is 10.7 Å². The third-order valence-corrected chi connectivity index (χ3v) is 7.21. The van der Waals surface area contributed by atoms with E-state index in [1.807, 2.05) is 26.0 Å². The Balaban J connectivity index is 1.42. The average molecular weight is 569 g/mol. The molecule has 0 atom stereocenters. The molecule has 1 N–H and O–H groups in total. The summed E-state index contributed by atoms with van der Waals surface area (Å²) in [6.45, 7) is 4.16. The maximum Gasteiger partial charge on any atom is 0.270 e. The summed E-state index contributed by atoms with van der Waals surface area (Å²) in [4.78, 5) is 27.4. The van der Waals surface area contributed by atoms with Gasteiger partial charge in [-0.25, -0.2) is 0 Å². The quantitative estimate of drug-likeness (QED) is 0.234. The minimum atomic E-state index is -0.319. The number of anilines is 2. The van der Waals surface area contributed by atoms with Gasteiger partial charge in [-0.1, -0.05) is 47.7 Å². The van der Waals surface area contributed by atoms with Crippen molar-refractivity contribution in [3.63, 3.8) is 0 Å². The number of methoxy groups -OCH3 is 1. The number of nitrogens with zero attached hydrogens (tertiary/aromatic N) is 1. The van der Waals surface area contributed by atoms with Crippen LogP contribution in [0.5, 0.6) is 17.2 Å². The van der Waals surface area contributed by atoms with Gasteiger partial charge in [0.1, 0.15) is 5.75 Å². The maximum absolute atomic E-state index is 13.1. The molecule has 0 saturated carbocycles. The summed E-state index contributed by atoms with van der Waals surface area (Å²) in [6, 6.07) is 17.7. The zero-order valence-electron chi connectivity index (χ0n) is 20.9. The Kier molecular flexibility index (Phi) is 8.93. The molecule has 10 heteroatoms. The molecule has 1 saturated heterocycles. The van der Waals surface area contributed by atoms with Crippen LogP contribution in [0.25, 0.3) is 6.08 Å². The third-order valence-electron chi connectivity index (χ3n) is 5.50. The van der Waals surface area contributed by atoms with Crippen LogP contribution in [0.2, 0.25) is 5.02 Å². The van der Waals surface area contributed by atoms with Gasteiger partial charge in [0.25, 0.3) is 11.8 Å². The van der Waals surface area contributed by atoms with E-state index in [0.29, 0.717) is 43.7 Å². The largest absolute Gasteiger partial charge is 0.494 e. The summed E-state index contributed by atoms with van der Waals surface area (Å²) >= 11 is 12.9. The molecule has 196 valence electrons. The highest BCUT2D eigenvalue weighted by Crippen LogP contribution is 2.38. The van der Waals surface area contributed by atoms with E-state index in [1.165, 1.54) is 23.8 Å². The molecule has 0 unspecified atom stereocenters. The summed E-state index contributed by atoms with van der Waals surface area (Å²) < 4.78 is 17.0. The zero-order valence-corrected chi connectivity index (χ0v) is 23.3. The van der Waals surface area contributed by atoms with Gasteiger partial charge >= 0.3 is 0 Å². The summed E-state index contributed by atoms with van der Waals surface area (Å²) in [5.41, 5.74) is 2.89. The molecule has 0 spiro atoms. The van der Waals surface area contributed by atoms with E-state index in [4.69, 9.17) is 38.0 Å². The smallest absolute Gasteiger partial charge is 0.270 e. The molecule has 3 aromatic carbocycles. The van der Waals surface area contributed by atoms with Gasteiger partial charge in [0.15, 0.2) is 22.4 Å². The molecular formula is C28H25ClN2O5S2. The molecule has 1 fully saturated rings. The van der Waals surface area contributed by atoms with Crippen LogP contribution in [-0.4, -0.2) is 36.5 Å². The standard InChI is InChI=1S/C28H25ClN2O5S2/c1-4-35-21-10-7-19(8-11-21)30-26(32)16-36-23-12-6-18(13-24(23)34-3)14-25-27(33)31(28(37)38-25)20-9-5-17(2)22(29)15-20/h5-15H,4,16H2,1-3H3,(H,30,32)/b25-14-. The van der Waals surface area contributed by atoms with Crippen molar-refractivity contribution in [2.45, 2.75) is 13.8 Å². The minimum Gasteiger partial charge on any atom is -0.494 e. The van der Waals surface area contributed by atoms with E-state index in [0.717, 1.165) is 16.9 Å². The maximum atomic E-state index is 13.1. The Labute approximate surface area is 235 Å². The molecule has 7 nitrogen and oxygen atoms in total. The number of halogens is 1. The SMILES string of the molecule is CCOc1ccc(NC(=O)COc2ccc(/C=C3\SC(=S)N(c4ccc(C)c(Cl)c4)C3=O)cc2OC)cc1. The molecule has 0 bridgehead atoms. The van der Waals surface area contributed by atoms with Crippen molar-refractivity contribution >= 4 is 69.2 Å². The first-order chi connectivity index (χ1) is 18.3. The number of carbonyl (C=O) groups is 2. The summed E-state index contributed by atoms with van der Waals surface area (Å²) in [6.07, 6.45) is 1.74. The highest BCUT2D eigenvalue weighted by Gasteiger charge is 2.33. The molecule has 38 heavy (non-hydrogen) atoms. The van der Waals surface area contributed by atoms with Crippen LogP contribution in [0.1, 0.15) is 18.1 Å². The first-order valence-electron chi connectivity index (χ1n) is 11.7. The van der Waals surface area contributed by atoms with E-state index in [1.54, 1.807) is 54.6 Å². The normalized spacial score (nSPS) is 14.1. The van der Waals surface area contributed by atoms with Gasteiger partial charge in [0.05, 0.1) is 24.3 Å². The van der Waals surface area contributed by atoms with E-state index in [-0.39, 0.29) is 18.4 Å². The van der Waals surface area contributed by atoms with Crippen molar-refractivity contribution in [2.24, 2.45) is 0 Å². The number of thiocarbonyl (C=S) groups is 1. The van der Waals surface area contributed by atoms with Crippen LogP contribution in [0, 0.1) is 6.92 Å². The van der Waals surface area contributed by atoms with E-state index < -0.39 is 0 Å².